The predicted octanol–water partition coefficient (Wildman–Crippen LogP) is 3.86. The van der Waals surface area contributed by atoms with Crippen LogP contribution in [0.5, 0.6) is 5.75 Å². The molecule has 0 bridgehead atoms. The van der Waals surface area contributed by atoms with E-state index in [4.69, 9.17) is 4.74 Å². The van der Waals surface area contributed by atoms with Gasteiger partial charge in [0, 0.05) is 48.7 Å². The zero-order chi connectivity index (χ0) is 23.3. The number of rotatable bonds is 9. The maximum absolute atomic E-state index is 13.0. The van der Waals surface area contributed by atoms with Crippen LogP contribution >= 0.6 is 11.8 Å². The molecular formula is C22H26N4O4S2. The maximum atomic E-state index is 13.0. The van der Waals surface area contributed by atoms with Gasteiger partial charge in [0.05, 0.1) is 7.11 Å². The van der Waals surface area contributed by atoms with Gasteiger partial charge in [-0.25, -0.2) is 13.4 Å². The Kier molecular flexibility index (Phi) is 7.60. The number of amides is 1. The highest BCUT2D eigenvalue weighted by Crippen LogP contribution is 2.29. The number of carbonyl (C=O) groups excluding carboxylic acids is 1. The molecule has 8 nitrogen and oxygen atoms in total. The van der Waals surface area contributed by atoms with Crippen LogP contribution in [-0.2, 0) is 17.1 Å². The minimum Gasteiger partial charge on any atom is -0.495 e. The highest BCUT2D eigenvalue weighted by molar-refractivity contribution is 7.99. The lowest BCUT2D eigenvalue weighted by molar-refractivity contribution is 0.102. The van der Waals surface area contributed by atoms with Crippen molar-refractivity contribution in [2.45, 2.75) is 28.8 Å². The molecule has 1 aromatic heterocycles. The van der Waals surface area contributed by atoms with Crippen LogP contribution in [-0.4, -0.2) is 48.4 Å². The van der Waals surface area contributed by atoms with Crippen LogP contribution in [0.15, 0.2) is 69.8 Å². The van der Waals surface area contributed by atoms with Gasteiger partial charge in [-0.05, 0) is 42.5 Å². The number of nitrogens with one attached hydrogen (secondary N) is 1. The van der Waals surface area contributed by atoms with Crippen molar-refractivity contribution in [3.05, 3.63) is 60.4 Å². The van der Waals surface area contributed by atoms with Gasteiger partial charge in [0.15, 0.2) is 5.16 Å². The summed E-state index contributed by atoms with van der Waals surface area (Å²) in [5.41, 5.74) is 0.825. The van der Waals surface area contributed by atoms with E-state index >= 15 is 0 Å². The lowest BCUT2D eigenvalue weighted by atomic mass is 10.2. The molecule has 0 saturated carbocycles. The van der Waals surface area contributed by atoms with Crippen molar-refractivity contribution >= 4 is 33.4 Å². The van der Waals surface area contributed by atoms with Crippen LogP contribution in [0.4, 0.5) is 5.69 Å². The number of carbonyl (C=O) groups is 1. The summed E-state index contributed by atoms with van der Waals surface area (Å²) in [5.74, 6) is -0.211. The Morgan fingerprint density at radius 3 is 2.41 bits per heavy atom. The summed E-state index contributed by atoms with van der Waals surface area (Å²) in [4.78, 5) is 18.0. The number of imidazole rings is 1. The molecule has 0 aliphatic heterocycles. The quantitative estimate of drug-likeness (QED) is 0.506. The number of sulfonamides is 1. The van der Waals surface area contributed by atoms with E-state index in [1.165, 1.54) is 35.3 Å². The molecule has 0 spiro atoms. The molecular weight excluding hydrogens is 448 g/mol. The Bertz CT molecular complexity index is 1190. The van der Waals surface area contributed by atoms with Crippen molar-refractivity contribution in [1.29, 1.82) is 0 Å². The minimum atomic E-state index is -3.79. The molecule has 2 aromatic carbocycles. The van der Waals surface area contributed by atoms with Crippen LogP contribution in [0, 0.1) is 0 Å². The number of hydrogen-bond acceptors (Lipinski definition) is 6. The summed E-state index contributed by atoms with van der Waals surface area (Å²) in [6.45, 7) is 4.17. The Morgan fingerprint density at radius 1 is 1.16 bits per heavy atom. The molecule has 1 heterocycles. The molecule has 0 radical (unpaired) electrons. The van der Waals surface area contributed by atoms with E-state index < -0.39 is 15.9 Å². The molecule has 3 aromatic rings. The Hall–Kier alpha value is -2.82. The zero-order valence-corrected chi connectivity index (χ0v) is 20.0. The third-order valence-corrected chi connectivity index (χ3v) is 8.00. The molecule has 0 saturated heterocycles. The van der Waals surface area contributed by atoms with Gasteiger partial charge in [-0.3, -0.25) is 4.79 Å². The van der Waals surface area contributed by atoms with E-state index in [-0.39, 0.29) is 16.2 Å². The van der Waals surface area contributed by atoms with E-state index in [1.807, 2.05) is 29.9 Å². The average molecular weight is 475 g/mol. The average Bonchev–Trinajstić information content (AvgIpc) is 3.19. The van der Waals surface area contributed by atoms with Gasteiger partial charge >= 0.3 is 0 Å². The van der Waals surface area contributed by atoms with Crippen LogP contribution in [0.3, 0.4) is 0 Å². The first-order valence-electron chi connectivity index (χ1n) is 10.0. The van der Waals surface area contributed by atoms with Gasteiger partial charge < -0.3 is 14.6 Å². The third kappa shape index (κ3) is 5.14. The maximum Gasteiger partial charge on any atom is 0.255 e. The molecule has 0 aliphatic rings. The Morgan fingerprint density at radius 2 is 1.84 bits per heavy atom. The highest BCUT2D eigenvalue weighted by atomic mass is 32.2. The first-order chi connectivity index (χ1) is 15.3. The van der Waals surface area contributed by atoms with Gasteiger partial charge in [0.25, 0.3) is 5.91 Å². The topological polar surface area (TPSA) is 93.5 Å². The SMILES string of the molecule is CCN(CC)S(=O)(=O)c1cc(C(=O)Nc2ccc(Sc3nccn3C)cc2)ccc1OC. The molecule has 10 heteroatoms. The molecule has 0 aliphatic carbocycles. The lowest BCUT2D eigenvalue weighted by Crippen LogP contribution is -2.31. The number of nitrogens with zero attached hydrogens (tertiary/aromatic N) is 3. The largest absolute Gasteiger partial charge is 0.495 e. The summed E-state index contributed by atoms with van der Waals surface area (Å²) in [7, 11) is -0.462. The summed E-state index contributed by atoms with van der Waals surface area (Å²) >= 11 is 1.51. The molecule has 1 N–H and O–H groups in total. The summed E-state index contributed by atoms with van der Waals surface area (Å²) in [6.07, 6.45) is 3.61. The number of benzene rings is 2. The zero-order valence-electron chi connectivity index (χ0n) is 18.4. The first-order valence-corrected chi connectivity index (χ1v) is 12.3. The van der Waals surface area contributed by atoms with Gasteiger partial charge in [-0.2, -0.15) is 4.31 Å². The number of aromatic nitrogens is 2. The Labute approximate surface area is 192 Å². The fraction of sp³-hybridized carbons (Fsp3) is 0.273. The lowest BCUT2D eigenvalue weighted by Gasteiger charge is -2.20. The van der Waals surface area contributed by atoms with Crippen LogP contribution in [0.2, 0.25) is 0 Å². The Balaban J connectivity index is 1.80. The number of aryl methyl sites for hydroxylation is 1. The monoisotopic (exact) mass is 474 g/mol. The summed E-state index contributed by atoms with van der Waals surface area (Å²) in [5, 5.41) is 3.67. The number of hydrogen-bond donors (Lipinski definition) is 1. The van der Waals surface area contributed by atoms with Gasteiger partial charge in [0.1, 0.15) is 10.6 Å². The molecule has 0 atom stereocenters. The van der Waals surface area contributed by atoms with E-state index in [2.05, 4.69) is 10.3 Å². The molecule has 1 amide bonds. The molecule has 0 unspecified atom stereocenters. The van der Waals surface area contributed by atoms with Crippen molar-refractivity contribution in [3.8, 4) is 5.75 Å². The van der Waals surface area contributed by atoms with Crippen molar-refractivity contribution in [2.75, 3.05) is 25.5 Å². The first kappa shape index (κ1) is 23.8. The molecule has 170 valence electrons. The number of anilines is 1. The van der Waals surface area contributed by atoms with Crippen molar-refractivity contribution in [1.82, 2.24) is 13.9 Å². The predicted molar refractivity (Wildman–Crippen MR) is 125 cm³/mol. The third-order valence-electron chi connectivity index (χ3n) is 4.85. The van der Waals surface area contributed by atoms with E-state index in [0.717, 1.165) is 10.1 Å². The normalized spacial score (nSPS) is 11.5. The van der Waals surface area contributed by atoms with Crippen molar-refractivity contribution in [2.24, 2.45) is 7.05 Å². The van der Waals surface area contributed by atoms with Crippen LogP contribution < -0.4 is 10.1 Å². The second-order valence-electron chi connectivity index (χ2n) is 6.86. The number of methoxy groups -OCH3 is 1. The van der Waals surface area contributed by atoms with Crippen LogP contribution in [0.25, 0.3) is 0 Å². The summed E-state index contributed by atoms with van der Waals surface area (Å²) < 4.78 is 34.5. The fourth-order valence-electron chi connectivity index (χ4n) is 3.09. The van der Waals surface area contributed by atoms with Crippen molar-refractivity contribution < 1.29 is 17.9 Å². The highest BCUT2D eigenvalue weighted by Gasteiger charge is 2.26. The molecule has 3 rings (SSSR count). The minimum absolute atomic E-state index is 0.0295. The second kappa shape index (κ2) is 10.2. The van der Waals surface area contributed by atoms with Gasteiger partial charge in [-0.1, -0.05) is 25.6 Å². The van der Waals surface area contributed by atoms with Gasteiger partial charge in [-0.15, -0.1) is 0 Å². The van der Waals surface area contributed by atoms with E-state index in [9.17, 15) is 13.2 Å². The van der Waals surface area contributed by atoms with E-state index in [1.54, 1.807) is 38.2 Å². The fourth-order valence-corrected chi connectivity index (χ4v) is 5.53. The summed E-state index contributed by atoms with van der Waals surface area (Å²) in [6, 6.07) is 11.8. The molecule has 0 fully saturated rings. The molecule has 32 heavy (non-hydrogen) atoms. The van der Waals surface area contributed by atoms with E-state index in [0.29, 0.717) is 18.8 Å². The smallest absolute Gasteiger partial charge is 0.255 e. The van der Waals surface area contributed by atoms with Crippen molar-refractivity contribution in [3.63, 3.8) is 0 Å². The number of ether oxygens (including phenoxy) is 1. The standard InChI is InChI=1S/C22H26N4O4S2/c1-5-26(6-2)32(28,29)20-15-16(7-12-19(20)30-4)21(27)24-17-8-10-18(11-9-17)31-22-23-13-14-25(22)3/h7-15H,5-6H2,1-4H3,(H,24,27). The second-order valence-corrected chi connectivity index (χ2v) is 9.80. The van der Waals surface area contributed by atoms with Crippen LogP contribution in [0.1, 0.15) is 24.2 Å². The van der Waals surface area contributed by atoms with Gasteiger partial charge in [0.2, 0.25) is 10.0 Å².